The molecule has 3 N–H and O–H groups in total. The van der Waals surface area contributed by atoms with Gasteiger partial charge < -0.3 is 20.5 Å². The van der Waals surface area contributed by atoms with Crippen LogP contribution in [0.1, 0.15) is 17.2 Å². The summed E-state index contributed by atoms with van der Waals surface area (Å²) in [5, 5.41) is 15.2. The lowest BCUT2D eigenvalue weighted by atomic mass is 10.0. The zero-order valence-electron chi connectivity index (χ0n) is 13.7. The number of aliphatic carboxylic acids is 1. The molecule has 0 aromatic heterocycles. The second kappa shape index (κ2) is 10.5. The van der Waals surface area contributed by atoms with Crippen molar-refractivity contribution < 1.29 is 14.6 Å². The van der Waals surface area contributed by atoms with Gasteiger partial charge in [-0.2, -0.15) is 0 Å². The van der Waals surface area contributed by atoms with Gasteiger partial charge in [0.05, 0.1) is 0 Å². The maximum absolute atomic E-state index is 10.6. The van der Waals surface area contributed by atoms with Crippen LogP contribution in [0.25, 0.3) is 0 Å². The molecule has 1 aliphatic heterocycles. The molecule has 1 saturated heterocycles. The van der Waals surface area contributed by atoms with Crippen molar-refractivity contribution in [2.75, 3.05) is 32.8 Å². The molecule has 2 aromatic carbocycles. The highest BCUT2D eigenvalue weighted by atomic mass is 16.5. The van der Waals surface area contributed by atoms with Crippen LogP contribution >= 0.6 is 0 Å². The number of hydrogen-bond donors (Lipinski definition) is 3. The molecule has 5 nitrogen and oxygen atoms in total. The third kappa shape index (κ3) is 6.50. The van der Waals surface area contributed by atoms with Gasteiger partial charge in [-0.15, -0.1) is 0 Å². The van der Waals surface area contributed by atoms with Crippen LogP contribution in [0.2, 0.25) is 0 Å². The molecule has 2 aromatic rings. The first-order valence-electron chi connectivity index (χ1n) is 8.12. The summed E-state index contributed by atoms with van der Waals surface area (Å²) in [7, 11) is 0. The Kier molecular flexibility index (Phi) is 7.97. The largest absolute Gasteiger partial charge is 0.480 e. The highest BCUT2D eigenvalue weighted by molar-refractivity contribution is 5.68. The minimum absolute atomic E-state index is 0.311. The van der Waals surface area contributed by atoms with Crippen molar-refractivity contribution in [2.24, 2.45) is 0 Å². The van der Waals surface area contributed by atoms with E-state index in [-0.39, 0.29) is 12.7 Å². The Bertz CT molecular complexity index is 535. The lowest BCUT2D eigenvalue weighted by molar-refractivity contribution is -0.143. The van der Waals surface area contributed by atoms with E-state index in [0.717, 1.165) is 37.3 Å². The van der Waals surface area contributed by atoms with Crippen LogP contribution in [0.3, 0.4) is 0 Å². The van der Waals surface area contributed by atoms with Crippen molar-refractivity contribution >= 4 is 5.97 Å². The van der Waals surface area contributed by atoms with Crippen LogP contribution in [0.15, 0.2) is 60.7 Å². The fourth-order valence-electron chi connectivity index (χ4n) is 2.40. The van der Waals surface area contributed by atoms with Crippen LogP contribution in [-0.4, -0.2) is 43.9 Å². The quantitative estimate of drug-likeness (QED) is 0.784. The first-order chi connectivity index (χ1) is 11.8. The molecule has 5 heteroatoms. The van der Waals surface area contributed by atoms with Crippen LogP contribution in [0.5, 0.6) is 0 Å². The summed E-state index contributed by atoms with van der Waals surface area (Å²) in [6.45, 7) is 4.24. The predicted octanol–water partition coefficient (Wildman–Crippen LogP) is 2.06. The van der Waals surface area contributed by atoms with Crippen molar-refractivity contribution in [3.8, 4) is 0 Å². The molecule has 0 atom stereocenters. The van der Waals surface area contributed by atoms with Crippen LogP contribution in [0, 0.1) is 0 Å². The molecule has 3 rings (SSSR count). The molecule has 1 heterocycles. The van der Waals surface area contributed by atoms with Crippen molar-refractivity contribution in [3.63, 3.8) is 0 Å². The zero-order chi connectivity index (χ0) is 17.0. The molecular formula is C19H24N2O3. The van der Waals surface area contributed by atoms with Gasteiger partial charge in [-0.1, -0.05) is 60.7 Å². The van der Waals surface area contributed by atoms with Crippen molar-refractivity contribution in [1.82, 2.24) is 10.6 Å². The second-order valence-electron chi connectivity index (χ2n) is 5.41. The minimum Gasteiger partial charge on any atom is -0.480 e. The molecule has 0 radical (unpaired) electrons. The van der Waals surface area contributed by atoms with Crippen molar-refractivity contribution in [2.45, 2.75) is 6.10 Å². The number of piperazine rings is 1. The topological polar surface area (TPSA) is 70.6 Å². The van der Waals surface area contributed by atoms with Crippen LogP contribution < -0.4 is 10.6 Å². The van der Waals surface area contributed by atoms with E-state index in [1.807, 2.05) is 60.7 Å². The molecule has 24 heavy (non-hydrogen) atoms. The van der Waals surface area contributed by atoms with Crippen molar-refractivity contribution in [1.29, 1.82) is 0 Å². The van der Waals surface area contributed by atoms with E-state index in [0.29, 0.717) is 0 Å². The SMILES string of the molecule is C1CNCCN1.O=C(O)COC(c1ccccc1)c1ccccc1. The third-order valence-corrected chi connectivity index (χ3v) is 3.54. The Balaban J connectivity index is 0.000000292. The Hall–Kier alpha value is -2.21. The number of carboxylic acid groups (broad SMARTS) is 1. The molecule has 0 saturated carbocycles. The van der Waals surface area contributed by atoms with Gasteiger partial charge in [0.1, 0.15) is 12.7 Å². The van der Waals surface area contributed by atoms with Crippen LogP contribution in [-0.2, 0) is 9.53 Å². The normalized spacial score (nSPS) is 13.9. The average molecular weight is 328 g/mol. The predicted molar refractivity (Wildman–Crippen MR) is 94.1 cm³/mol. The molecule has 0 aliphatic carbocycles. The van der Waals surface area contributed by atoms with E-state index in [1.54, 1.807) is 0 Å². The summed E-state index contributed by atoms with van der Waals surface area (Å²) in [4.78, 5) is 10.6. The number of carboxylic acids is 1. The highest BCUT2D eigenvalue weighted by Crippen LogP contribution is 2.25. The maximum atomic E-state index is 10.6. The fourth-order valence-corrected chi connectivity index (χ4v) is 2.40. The van der Waals surface area contributed by atoms with Gasteiger partial charge in [-0.3, -0.25) is 0 Å². The first-order valence-corrected chi connectivity index (χ1v) is 8.12. The van der Waals surface area contributed by atoms with Gasteiger partial charge in [0.25, 0.3) is 0 Å². The summed E-state index contributed by atoms with van der Waals surface area (Å²) in [5.41, 5.74) is 1.90. The fraction of sp³-hybridized carbons (Fsp3) is 0.316. The average Bonchev–Trinajstić information content (AvgIpc) is 2.65. The Labute approximate surface area is 142 Å². The summed E-state index contributed by atoms with van der Waals surface area (Å²) in [5.74, 6) is -0.966. The summed E-state index contributed by atoms with van der Waals surface area (Å²) in [6.07, 6.45) is -0.344. The molecule has 0 spiro atoms. The highest BCUT2D eigenvalue weighted by Gasteiger charge is 2.15. The first kappa shape index (κ1) is 18.1. The molecule has 1 aliphatic rings. The monoisotopic (exact) mass is 328 g/mol. The van der Waals surface area contributed by atoms with E-state index in [1.165, 1.54) is 0 Å². The Morgan fingerprint density at radius 1 is 0.875 bits per heavy atom. The third-order valence-electron chi connectivity index (χ3n) is 3.54. The van der Waals surface area contributed by atoms with E-state index in [9.17, 15) is 4.79 Å². The summed E-state index contributed by atoms with van der Waals surface area (Å²) < 4.78 is 5.48. The molecule has 0 unspecified atom stereocenters. The number of rotatable bonds is 5. The standard InChI is InChI=1S/C15H14O3.C4H10N2/c16-14(17)11-18-15(12-7-3-1-4-8-12)13-9-5-2-6-10-13;1-2-6-4-3-5-1/h1-10,15H,11H2,(H,16,17);5-6H,1-4H2. The summed E-state index contributed by atoms with van der Waals surface area (Å²) >= 11 is 0. The van der Waals surface area contributed by atoms with E-state index in [2.05, 4.69) is 10.6 Å². The number of carbonyl (C=O) groups is 1. The number of benzene rings is 2. The Morgan fingerprint density at radius 2 is 1.29 bits per heavy atom. The molecule has 0 bridgehead atoms. The maximum Gasteiger partial charge on any atom is 0.329 e. The minimum atomic E-state index is -0.966. The molecule has 1 fully saturated rings. The van der Waals surface area contributed by atoms with Gasteiger partial charge in [-0.05, 0) is 11.1 Å². The zero-order valence-corrected chi connectivity index (χ0v) is 13.7. The van der Waals surface area contributed by atoms with Crippen molar-refractivity contribution in [3.05, 3.63) is 71.8 Å². The van der Waals surface area contributed by atoms with Gasteiger partial charge in [0, 0.05) is 26.2 Å². The van der Waals surface area contributed by atoms with E-state index in [4.69, 9.17) is 9.84 Å². The van der Waals surface area contributed by atoms with E-state index >= 15 is 0 Å². The number of ether oxygens (including phenoxy) is 1. The lowest BCUT2D eigenvalue weighted by Crippen LogP contribution is -2.39. The second-order valence-corrected chi connectivity index (χ2v) is 5.41. The molecule has 0 amide bonds. The molecule has 128 valence electrons. The Morgan fingerprint density at radius 3 is 1.62 bits per heavy atom. The van der Waals surface area contributed by atoms with Gasteiger partial charge in [-0.25, -0.2) is 4.79 Å². The lowest BCUT2D eigenvalue weighted by Gasteiger charge is -2.17. The molecular weight excluding hydrogens is 304 g/mol. The van der Waals surface area contributed by atoms with Gasteiger partial charge in [0.2, 0.25) is 0 Å². The van der Waals surface area contributed by atoms with Gasteiger partial charge in [0.15, 0.2) is 0 Å². The summed E-state index contributed by atoms with van der Waals surface area (Å²) in [6, 6.07) is 19.2. The van der Waals surface area contributed by atoms with Crippen LogP contribution in [0.4, 0.5) is 0 Å². The number of hydrogen-bond acceptors (Lipinski definition) is 4. The smallest absolute Gasteiger partial charge is 0.329 e. The number of nitrogens with one attached hydrogen (secondary N) is 2. The van der Waals surface area contributed by atoms with E-state index < -0.39 is 5.97 Å². The van der Waals surface area contributed by atoms with Gasteiger partial charge >= 0.3 is 5.97 Å².